The first-order valence-corrected chi connectivity index (χ1v) is 13.9. The van der Waals surface area contributed by atoms with Gasteiger partial charge in [0.2, 0.25) is 0 Å². The third-order valence-electron chi connectivity index (χ3n) is 8.00. The van der Waals surface area contributed by atoms with Gasteiger partial charge in [0.25, 0.3) is 6.01 Å². The minimum absolute atomic E-state index is 0.0914. The molecule has 1 atom stereocenters. The Kier molecular flexibility index (Phi) is 8.24. The van der Waals surface area contributed by atoms with Crippen LogP contribution in [-0.2, 0) is 25.4 Å². The fourth-order valence-electron chi connectivity index (χ4n) is 5.70. The minimum Gasteiger partial charge on any atom is -0.432 e. The molecule has 4 aromatic rings. The highest BCUT2D eigenvalue weighted by molar-refractivity contribution is 5.79. The smallest absolute Gasteiger partial charge is 0.416 e. The number of hydrogen-bond acceptors (Lipinski definition) is 5. The zero-order valence-corrected chi connectivity index (χ0v) is 23.6. The van der Waals surface area contributed by atoms with Gasteiger partial charge in [-0.25, -0.2) is 0 Å². The SMILES string of the molecule is Cc1coc(N(Cc2cc(C(F)(F)F)cc(C(F)(F)F)c2)Cc2cc3ccccc3nc2C(C)N(C)C2CCCC2)n1. The van der Waals surface area contributed by atoms with Crippen molar-refractivity contribution in [3.05, 3.63) is 88.4 Å². The van der Waals surface area contributed by atoms with E-state index in [1.54, 1.807) is 11.8 Å². The second kappa shape index (κ2) is 11.6. The first kappa shape index (κ1) is 29.9. The van der Waals surface area contributed by atoms with Crippen molar-refractivity contribution in [3.63, 3.8) is 0 Å². The topological polar surface area (TPSA) is 45.4 Å². The number of nitrogens with zero attached hydrogens (tertiary/aromatic N) is 4. The lowest BCUT2D eigenvalue weighted by Crippen LogP contribution is -2.33. The molecule has 1 aliphatic carbocycles. The van der Waals surface area contributed by atoms with Crippen molar-refractivity contribution >= 4 is 16.9 Å². The van der Waals surface area contributed by atoms with Crippen LogP contribution in [-0.4, -0.2) is 28.0 Å². The maximum atomic E-state index is 13.6. The zero-order valence-electron chi connectivity index (χ0n) is 23.6. The molecule has 11 heteroatoms. The quantitative estimate of drug-likeness (QED) is 0.192. The Bertz CT molecular complexity index is 1510. The van der Waals surface area contributed by atoms with Crippen molar-refractivity contribution < 1.29 is 30.8 Å². The van der Waals surface area contributed by atoms with Crippen LogP contribution in [0.15, 0.2) is 59.2 Å². The van der Waals surface area contributed by atoms with Crippen LogP contribution in [0, 0.1) is 6.92 Å². The standard InChI is InChI=1S/C31H32F6N4O/c1-19-18-42-29(38-19)41(16-21-12-24(30(32,33)34)15-25(13-21)31(35,36)37)17-23-14-22-8-4-7-11-27(22)39-28(23)20(2)40(3)26-9-5-6-10-26/h4,7-8,11-15,18,20,26H,5-6,9-10,16-17H2,1-3H3. The Hall–Kier alpha value is -3.60. The highest BCUT2D eigenvalue weighted by Crippen LogP contribution is 2.38. The molecular weight excluding hydrogens is 558 g/mol. The van der Waals surface area contributed by atoms with Gasteiger partial charge in [-0.3, -0.25) is 9.88 Å². The van der Waals surface area contributed by atoms with Gasteiger partial charge in [0.1, 0.15) is 6.26 Å². The van der Waals surface area contributed by atoms with E-state index >= 15 is 0 Å². The summed E-state index contributed by atoms with van der Waals surface area (Å²) in [5.74, 6) is 0. The molecule has 42 heavy (non-hydrogen) atoms. The van der Waals surface area contributed by atoms with Crippen molar-refractivity contribution in [2.75, 3.05) is 11.9 Å². The molecule has 2 aromatic carbocycles. The van der Waals surface area contributed by atoms with E-state index in [2.05, 4.69) is 23.9 Å². The molecule has 0 amide bonds. The molecule has 0 spiro atoms. The molecule has 0 saturated heterocycles. The summed E-state index contributed by atoms with van der Waals surface area (Å²) < 4.78 is 87.3. The zero-order chi connectivity index (χ0) is 30.2. The third-order valence-corrected chi connectivity index (χ3v) is 8.00. The number of halogens is 6. The lowest BCUT2D eigenvalue weighted by atomic mass is 10.0. The molecule has 1 fully saturated rings. The van der Waals surface area contributed by atoms with Crippen LogP contribution < -0.4 is 4.90 Å². The first-order valence-electron chi connectivity index (χ1n) is 13.9. The van der Waals surface area contributed by atoms with Crippen molar-refractivity contribution in [2.24, 2.45) is 0 Å². The summed E-state index contributed by atoms with van der Waals surface area (Å²) >= 11 is 0. The van der Waals surface area contributed by atoms with E-state index in [0.717, 1.165) is 60.0 Å². The molecule has 5 nitrogen and oxygen atoms in total. The Labute approximate surface area is 240 Å². The number of para-hydroxylation sites is 1. The maximum absolute atomic E-state index is 13.6. The summed E-state index contributed by atoms with van der Waals surface area (Å²) in [6, 6.07) is 11.6. The largest absolute Gasteiger partial charge is 0.432 e. The van der Waals surface area contributed by atoms with E-state index in [1.165, 1.54) is 6.26 Å². The molecular formula is C31H32F6N4O. The summed E-state index contributed by atoms with van der Waals surface area (Å²) in [7, 11) is 2.07. The second-order valence-corrected chi connectivity index (χ2v) is 11.0. The van der Waals surface area contributed by atoms with E-state index in [-0.39, 0.29) is 36.8 Å². The predicted octanol–water partition coefficient (Wildman–Crippen LogP) is 8.71. The van der Waals surface area contributed by atoms with Crippen molar-refractivity contribution in [1.82, 2.24) is 14.9 Å². The van der Waals surface area contributed by atoms with Crippen molar-refractivity contribution in [2.45, 2.75) is 77.1 Å². The molecule has 1 saturated carbocycles. The fraction of sp³-hybridized carbons (Fsp3) is 0.419. The number of benzene rings is 2. The molecule has 1 aliphatic rings. The van der Waals surface area contributed by atoms with E-state index in [9.17, 15) is 26.3 Å². The second-order valence-electron chi connectivity index (χ2n) is 11.0. The summed E-state index contributed by atoms with van der Waals surface area (Å²) in [4.78, 5) is 13.2. The molecule has 0 aliphatic heterocycles. The van der Waals surface area contributed by atoms with Crippen LogP contribution in [0.1, 0.15) is 72.3 Å². The lowest BCUT2D eigenvalue weighted by molar-refractivity contribution is -0.143. The highest BCUT2D eigenvalue weighted by Gasteiger charge is 2.37. The Morgan fingerprint density at radius 3 is 2.14 bits per heavy atom. The number of hydrogen-bond donors (Lipinski definition) is 0. The Morgan fingerprint density at radius 1 is 0.905 bits per heavy atom. The molecule has 224 valence electrons. The molecule has 0 radical (unpaired) electrons. The summed E-state index contributed by atoms with van der Waals surface area (Å²) in [6.45, 7) is 3.57. The van der Waals surface area contributed by atoms with E-state index in [0.29, 0.717) is 11.7 Å². The Balaban J connectivity index is 1.58. The van der Waals surface area contributed by atoms with Gasteiger partial charge in [0.15, 0.2) is 0 Å². The maximum Gasteiger partial charge on any atom is 0.416 e. The van der Waals surface area contributed by atoms with E-state index in [4.69, 9.17) is 9.40 Å². The van der Waals surface area contributed by atoms with E-state index in [1.807, 2.05) is 30.3 Å². The van der Waals surface area contributed by atoms with Gasteiger partial charge in [0, 0.05) is 30.6 Å². The number of fused-ring (bicyclic) bond motifs is 1. The van der Waals surface area contributed by atoms with Crippen LogP contribution in [0.5, 0.6) is 0 Å². The minimum atomic E-state index is -4.95. The Morgan fingerprint density at radius 2 is 1.55 bits per heavy atom. The highest BCUT2D eigenvalue weighted by atomic mass is 19.4. The van der Waals surface area contributed by atoms with Crippen molar-refractivity contribution in [1.29, 1.82) is 0 Å². The van der Waals surface area contributed by atoms with Crippen LogP contribution in [0.2, 0.25) is 0 Å². The van der Waals surface area contributed by atoms with E-state index < -0.39 is 23.5 Å². The average molecular weight is 591 g/mol. The average Bonchev–Trinajstić information content (AvgIpc) is 3.63. The number of anilines is 1. The van der Waals surface area contributed by atoms with Gasteiger partial charge in [-0.15, -0.1) is 0 Å². The van der Waals surface area contributed by atoms with Crippen molar-refractivity contribution in [3.8, 4) is 0 Å². The number of rotatable bonds is 8. The van der Waals surface area contributed by atoms with Crippen LogP contribution in [0.3, 0.4) is 0 Å². The van der Waals surface area contributed by atoms with Gasteiger partial charge < -0.3 is 9.32 Å². The van der Waals surface area contributed by atoms with Gasteiger partial charge in [0.05, 0.1) is 28.0 Å². The third kappa shape index (κ3) is 6.56. The number of aryl methyl sites for hydroxylation is 1. The number of aromatic nitrogens is 2. The van der Waals surface area contributed by atoms with Gasteiger partial charge >= 0.3 is 12.4 Å². The van der Waals surface area contributed by atoms with Gasteiger partial charge in [-0.05, 0) is 75.2 Å². The number of pyridine rings is 1. The molecule has 0 bridgehead atoms. The first-order chi connectivity index (χ1) is 19.8. The molecule has 5 rings (SSSR count). The normalized spacial score (nSPS) is 15.6. The monoisotopic (exact) mass is 590 g/mol. The molecule has 0 N–H and O–H groups in total. The van der Waals surface area contributed by atoms with Gasteiger partial charge in [-0.2, -0.15) is 31.3 Å². The lowest BCUT2D eigenvalue weighted by Gasteiger charge is -2.32. The van der Waals surface area contributed by atoms with Crippen LogP contribution in [0.4, 0.5) is 32.4 Å². The summed E-state index contributed by atoms with van der Waals surface area (Å²) in [6.07, 6.45) is -4.01. The van der Waals surface area contributed by atoms with Gasteiger partial charge in [-0.1, -0.05) is 31.0 Å². The fourth-order valence-corrected chi connectivity index (χ4v) is 5.70. The predicted molar refractivity (Wildman–Crippen MR) is 148 cm³/mol. The molecule has 1 unspecified atom stereocenters. The summed E-state index contributed by atoms with van der Waals surface area (Å²) in [5, 5.41) is 0.869. The summed E-state index contributed by atoms with van der Waals surface area (Å²) in [5.41, 5.74) is 0.00237. The van der Waals surface area contributed by atoms with Crippen LogP contribution in [0.25, 0.3) is 10.9 Å². The number of alkyl halides is 6. The molecule has 2 aromatic heterocycles. The van der Waals surface area contributed by atoms with Crippen LogP contribution >= 0.6 is 0 Å². The molecule has 2 heterocycles. The number of oxazole rings is 1.